The molecule has 2 rings (SSSR count). The van der Waals surface area contributed by atoms with Crippen LogP contribution >= 0.6 is 11.6 Å². The minimum atomic E-state index is -4.48. The normalized spacial score (nSPS) is 11.5. The molecule has 2 heterocycles. The lowest BCUT2D eigenvalue weighted by atomic mass is 10.2. The summed E-state index contributed by atoms with van der Waals surface area (Å²) in [5, 5.41) is 0.177. The van der Waals surface area contributed by atoms with Crippen molar-refractivity contribution in [3.8, 4) is 11.4 Å². The van der Waals surface area contributed by atoms with Gasteiger partial charge < -0.3 is 4.57 Å². The van der Waals surface area contributed by atoms with Gasteiger partial charge in [0.15, 0.2) is 5.82 Å². The Morgan fingerprint density at radius 2 is 2.09 bits per heavy atom. The zero-order valence-electron chi connectivity index (χ0n) is 11.7. The first kappa shape index (κ1) is 16.2. The average Bonchev–Trinajstić information content (AvgIpc) is 2.85. The summed E-state index contributed by atoms with van der Waals surface area (Å²) in [6.45, 7) is 9.39. The molecule has 0 radical (unpaired) electrons. The van der Waals surface area contributed by atoms with E-state index in [0.29, 0.717) is 29.4 Å². The SMILES string of the molecule is C=Nc1c(C(=C)Cl)nc(-c2ccc(C(F)(F)F)nc2)n1CC. The zero-order valence-corrected chi connectivity index (χ0v) is 12.4. The van der Waals surface area contributed by atoms with E-state index in [1.807, 2.05) is 6.92 Å². The third-order valence-electron chi connectivity index (χ3n) is 2.98. The number of halogens is 4. The summed E-state index contributed by atoms with van der Waals surface area (Å²) in [6.07, 6.45) is -3.37. The molecule has 0 aliphatic carbocycles. The molecule has 0 bridgehead atoms. The van der Waals surface area contributed by atoms with E-state index in [-0.39, 0.29) is 5.03 Å². The van der Waals surface area contributed by atoms with Crippen molar-refractivity contribution in [3.63, 3.8) is 0 Å². The molecule has 0 N–H and O–H groups in total. The maximum atomic E-state index is 12.6. The van der Waals surface area contributed by atoms with Crippen LogP contribution in [0.25, 0.3) is 16.4 Å². The second-order valence-electron chi connectivity index (χ2n) is 4.34. The zero-order chi connectivity index (χ0) is 16.5. The molecule has 0 saturated heterocycles. The van der Waals surface area contributed by atoms with Crippen molar-refractivity contribution in [2.75, 3.05) is 0 Å². The van der Waals surface area contributed by atoms with Crippen LogP contribution in [-0.4, -0.2) is 21.3 Å². The third-order valence-corrected chi connectivity index (χ3v) is 3.15. The highest BCUT2D eigenvalue weighted by Gasteiger charge is 2.32. The average molecular weight is 329 g/mol. The topological polar surface area (TPSA) is 43.1 Å². The number of hydrogen-bond acceptors (Lipinski definition) is 3. The molecule has 0 aliphatic heterocycles. The molecule has 116 valence electrons. The first-order valence-corrected chi connectivity index (χ1v) is 6.63. The van der Waals surface area contributed by atoms with Gasteiger partial charge in [0, 0.05) is 18.3 Å². The van der Waals surface area contributed by atoms with E-state index in [1.54, 1.807) is 4.57 Å². The summed E-state index contributed by atoms with van der Waals surface area (Å²) >= 11 is 5.88. The molecule has 4 nitrogen and oxygen atoms in total. The van der Waals surface area contributed by atoms with Crippen LogP contribution in [0.5, 0.6) is 0 Å². The van der Waals surface area contributed by atoms with Crippen molar-refractivity contribution in [1.82, 2.24) is 14.5 Å². The number of alkyl halides is 3. The molecule has 2 aromatic rings. The maximum absolute atomic E-state index is 12.6. The second kappa shape index (κ2) is 5.92. The molecular formula is C14H12ClF3N4. The van der Waals surface area contributed by atoms with Crippen molar-refractivity contribution in [3.05, 3.63) is 36.3 Å². The first-order valence-electron chi connectivity index (χ1n) is 6.25. The molecule has 0 atom stereocenters. The fourth-order valence-electron chi connectivity index (χ4n) is 2.00. The molecule has 0 saturated carbocycles. The molecule has 2 aromatic heterocycles. The third kappa shape index (κ3) is 2.89. The van der Waals surface area contributed by atoms with E-state index < -0.39 is 11.9 Å². The monoisotopic (exact) mass is 328 g/mol. The van der Waals surface area contributed by atoms with Crippen molar-refractivity contribution < 1.29 is 13.2 Å². The number of hydrogen-bond donors (Lipinski definition) is 0. The number of aromatic nitrogens is 3. The minimum absolute atomic E-state index is 0.177. The Hall–Kier alpha value is -2.15. The van der Waals surface area contributed by atoms with Gasteiger partial charge in [0.1, 0.15) is 17.2 Å². The van der Waals surface area contributed by atoms with E-state index >= 15 is 0 Å². The highest BCUT2D eigenvalue weighted by atomic mass is 35.5. The molecule has 0 aliphatic rings. The quantitative estimate of drug-likeness (QED) is 0.774. The highest BCUT2D eigenvalue weighted by Crippen LogP contribution is 2.34. The smallest absolute Gasteiger partial charge is 0.309 e. The van der Waals surface area contributed by atoms with E-state index in [2.05, 4.69) is 28.3 Å². The predicted molar refractivity (Wildman–Crippen MR) is 80.2 cm³/mol. The standard InChI is InChI=1S/C14H12ClF3N4/c1-4-22-12(21-11(8(2)15)13(22)19-3)9-5-6-10(20-7-9)14(16,17)18/h5-7H,2-4H2,1H3. The van der Waals surface area contributed by atoms with Crippen molar-refractivity contribution in [2.45, 2.75) is 19.6 Å². The van der Waals surface area contributed by atoms with Crippen molar-refractivity contribution >= 4 is 29.2 Å². The van der Waals surface area contributed by atoms with Gasteiger partial charge in [-0.1, -0.05) is 18.2 Å². The summed E-state index contributed by atoms with van der Waals surface area (Å²) in [4.78, 5) is 11.6. The molecule has 0 fully saturated rings. The van der Waals surface area contributed by atoms with Gasteiger partial charge in [-0.2, -0.15) is 13.2 Å². The van der Waals surface area contributed by atoms with E-state index in [1.165, 1.54) is 6.07 Å². The largest absolute Gasteiger partial charge is 0.433 e. The lowest BCUT2D eigenvalue weighted by Crippen LogP contribution is -2.07. The van der Waals surface area contributed by atoms with Crippen LogP contribution in [0.15, 0.2) is 29.9 Å². The Kier molecular flexibility index (Phi) is 4.37. The van der Waals surface area contributed by atoms with Crippen LogP contribution in [0.2, 0.25) is 0 Å². The molecular weight excluding hydrogens is 317 g/mol. The summed E-state index contributed by atoms with van der Waals surface area (Å²) < 4.78 is 39.4. The second-order valence-corrected chi connectivity index (χ2v) is 4.80. The van der Waals surface area contributed by atoms with Gasteiger partial charge in [-0.25, -0.2) is 9.98 Å². The fourth-order valence-corrected chi connectivity index (χ4v) is 2.13. The number of imidazole rings is 1. The Balaban J connectivity index is 2.57. The number of aliphatic imine (C=N–C) groups is 1. The van der Waals surface area contributed by atoms with Crippen LogP contribution in [-0.2, 0) is 12.7 Å². The van der Waals surface area contributed by atoms with Crippen LogP contribution in [0.1, 0.15) is 18.3 Å². The lowest BCUT2D eigenvalue weighted by Gasteiger charge is -2.08. The van der Waals surface area contributed by atoms with Gasteiger partial charge in [0.05, 0.1) is 5.03 Å². The van der Waals surface area contributed by atoms with Crippen LogP contribution < -0.4 is 0 Å². The summed E-state index contributed by atoms with van der Waals surface area (Å²) in [5.74, 6) is 0.820. The number of nitrogens with zero attached hydrogens (tertiary/aromatic N) is 4. The molecule has 0 aromatic carbocycles. The summed E-state index contributed by atoms with van der Waals surface area (Å²) in [6, 6.07) is 2.21. The molecule has 0 unspecified atom stereocenters. The van der Waals surface area contributed by atoms with Gasteiger partial charge in [-0.05, 0) is 25.8 Å². The van der Waals surface area contributed by atoms with E-state index in [0.717, 1.165) is 12.3 Å². The van der Waals surface area contributed by atoms with Crippen LogP contribution in [0.3, 0.4) is 0 Å². The summed E-state index contributed by atoms with van der Waals surface area (Å²) in [5.41, 5.74) is -0.202. The minimum Gasteiger partial charge on any atom is -0.309 e. The first-order chi connectivity index (χ1) is 10.3. The van der Waals surface area contributed by atoms with Crippen LogP contribution in [0, 0.1) is 0 Å². The van der Waals surface area contributed by atoms with Crippen molar-refractivity contribution in [1.29, 1.82) is 0 Å². The fraction of sp³-hybridized carbons (Fsp3) is 0.214. The van der Waals surface area contributed by atoms with Gasteiger partial charge in [-0.15, -0.1) is 0 Å². The highest BCUT2D eigenvalue weighted by molar-refractivity contribution is 6.48. The Bertz CT molecular complexity index is 717. The molecule has 22 heavy (non-hydrogen) atoms. The molecule has 8 heteroatoms. The van der Waals surface area contributed by atoms with Gasteiger partial charge in [0.2, 0.25) is 0 Å². The predicted octanol–water partition coefficient (Wildman–Crippen LogP) is 4.53. The Morgan fingerprint density at radius 3 is 2.50 bits per heavy atom. The molecule has 0 amide bonds. The number of pyridine rings is 1. The van der Waals surface area contributed by atoms with E-state index in [4.69, 9.17) is 11.6 Å². The van der Waals surface area contributed by atoms with Gasteiger partial charge in [0.25, 0.3) is 0 Å². The van der Waals surface area contributed by atoms with Crippen molar-refractivity contribution in [2.24, 2.45) is 4.99 Å². The van der Waals surface area contributed by atoms with Crippen LogP contribution in [0.4, 0.5) is 19.0 Å². The summed E-state index contributed by atoms with van der Waals surface area (Å²) in [7, 11) is 0. The Morgan fingerprint density at radius 1 is 1.41 bits per heavy atom. The maximum Gasteiger partial charge on any atom is 0.433 e. The van der Waals surface area contributed by atoms with Gasteiger partial charge >= 0.3 is 6.18 Å². The van der Waals surface area contributed by atoms with E-state index in [9.17, 15) is 13.2 Å². The Labute approximate surface area is 130 Å². The van der Waals surface area contributed by atoms with Gasteiger partial charge in [-0.3, -0.25) is 4.98 Å². The molecule has 0 spiro atoms. The number of rotatable bonds is 4. The lowest BCUT2D eigenvalue weighted by molar-refractivity contribution is -0.141.